The van der Waals surface area contributed by atoms with Gasteiger partial charge in [0.25, 0.3) is 5.91 Å². The van der Waals surface area contributed by atoms with Gasteiger partial charge in [-0.3, -0.25) is 4.79 Å². The van der Waals surface area contributed by atoms with Crippen LogP contribution in [0.2, 0.25) is 0 Å². The second-order valence-corrected chi connectivity index (χ2v) is 5.18. The summed E-state index contributed by atoms with van der Waals surface area (Å²) in [7, 11) is 0. The molecule has 1 aromatic heterocycles. The van der Waals surface area contributed by atoms with E-state index in [1.54, 1.807) is 6.07 Å². The Balaban J connectivity index is 2.04. The second-order valence-electron chi connectivity index (χ2n) is 5.18. The normalized spacial score (nSPS) is 15.2. The minimum absolute atomic E-state index is 0.0789. The lowest BCUT2D eigenvalue weighted by Crippen LogP contribution is -2.28. The van der Waals surface area contributed by atoms with Crippen molar-refractivity contribution in [3.8, 4) is 0 Å². The molecule has 0 unspecified atom stereocenters. The molecule has 1 aliphatic heterocycles. The predicted molar refractivity (Wildman–Crippen MR) is 72.9 cm³/mol. The van der Waals surface area contributed by atoms with Gasteiger partial charge in [0.2, 0.25) is 0 Å². The molecule has 4 heteroatoms. The van der Waals surface area contributed by atoms with E-state index in [4.69, 9.17) is 0 Å². The molecule has 0 aromatic carbocycles. The zero-order valence-electron chi connectivity index (χ0n) is 11.1. The Hall–Kier alpha value is -1.58. The Morgan fingerprint density at radius 2 is 2.11 bits per heavy atom. The zero-order valence-corrected chi connectivity index (χ0v) is 11.1. The Bertz CT molecular complexity index is 411. The first-order valence-corrected chi connectivity index (χ1v) is 6.67. The zero-order chi connectivity index (χ0) is 13.0. The summed E-state index contributed by atoms with van der Waals surface area (Å²) in [5.74, 6) is 1.30. The summed E-state index contributed by atoms with van der Waals surface area (Å²) in [6.45, 7) is 6.94. The van der Waals surface area contributed by atoms with Gasteiger partial charge in [-0.25, -0.2) is 4.98 Å². The van der Waals surface area contributed by atoms with Crippen LogP contribution in [0.4, 0.5) is 5.82 Å². The monoisotopic (exact) mass is 247 g/mol. The van der Waals surface area contributed by atoms with E-state index < -0.39 is 0 Å². The number of aromatic nitrogens is 1. The maximum absolute atomic E-state index is 11.9. The Morgan fingerprint density at radius 1 is 1.39 bits per heavy atom. The second kappa shape index (κ2) is 5.85. The van der Waals surface area contributed by atoms with E-state index in [1.807, 2.05) is 12.1 Å². The number of amides is 1. The van der Waals surface area contributed by atoms with E-state index in [2.05, 4.69) is 29.0 Å². The van der Waals surface area contributed by atoms with Gasteiger partial charge < -0.3 is 10.2 Å². The summed E-state index contributed by atoms with van der Waals surface area (Å²) < 4.78 is 0. The average Bonchev–Trinajstić information content (AvgIpc) is 2.90. The largest absolute Gasteiger partial charge is 0.357 e. The van der Waals surface area contributed by atoms with Crippen LogP contribution in [0.15, 0.2) is 18.2 Å². The average molecular weight is 247 g/mol. The predicted octanol–water partition coefficient (Wildman–Crippen LogP) is 2.07. The van der Waals surface area contributed by atoms with Crippen molar-refractivity contribution in [3.05, 3.63) is 23.9 Å². The van der Waals surface area contributed by atoms with Crippen LogP contribution in [-0.2, 0) is 0 Å². The van der Waals surface area contributed by atoms with Gasteiger partial charge in [-0.1, -0.05) is 19.9 Å². The Morgan fingerprint density at radius 3 is 2.78 bits per heavy atom. The SMILES string of the molecule is CC(C)CNC(=O)c1cccc(N2CCCC2)n1. The third-order valence-electron chi connectivity index (χ3n) is 3.07. The van der Waals surface area contributed by atoms with E-state index in [0.717, 1.165) is 18.9 Å². The van der Waals surface area contributed by atoms with Crippen LogP contribution in [0.1, 0.15) is 37.2 Å². The van der Waals surface area contributed by atoms with E-state index in [1.165, 1.54) is 12.8 Å². The highest BCUT2D eigenvalue weighted by Crippen LogP contribution is 2.17. The molecule has 1 aliphatic rings. The van der Waals surface area contributed by atoms with Crippen LogP contribution >= 0.6 is 0 Å². The smallest absolute Gasteiger partial charge is 0.269 e. The highest BCUT2D eigenvalue weighted by atomic mass is 16.1. The van der Waals surface area contributed by atoms with Gasteiger partial charge in [0.05, 0.1) is 0 Å². The van der Waals surface area contributed by atoms with Crippen molar-refractivity contribution < 1.29 is 4.79 Å². The van der Waals surface area contributed by atoms with E-state index >= 15 is 0 Å². The van der Waals surface area contributed by atoms with E-state index in [0.29, 0.717) is 18.2 Å². The molecule has 0 saturated carbocycles. The summed E-state index contributed by atoms with van der Waals surface area (Å²) >= 11 is 0. The van der Waals surface area contributed by atoms with Gasteiger partial charge in [0, 0.05) is 19.6 Å². The minimum Gasteiger partial charge on any atom is -0.357 e. The topological polar surface area (TPSA) is 45.2 Å². The van der Waals surface area contributed by atoms with Crippen molar-refractivity contribution in [3.63, 3.8) is 0 Å². The number of hydrogen-bond acceptors (Lipinski definition) is 3. The molecule has 1 saturated heterocycles. The van der Waals surface area contributed by atoms with E-state index in [9.17, 15) is 4.79 Å². The molecule has 2 rings (SSSR count). The fraction of sp³-hybridized carbons (Fsp3) is 0.571. The van der Waals surface area contributed by atoms with Crippen LogP contribution in [0.5, 0.6) is 0 Å². The van der Waals surface area contributed by atoms with Gasteiger partial charge in [0.1, 0.15) is 11.5 Å². The number of nitrogens with zero attached hydrogens (tertiary/aromatic N) is 2. The molecular weight excluding hydrogens is 226 g/mol. The molecule has 1 N–H and O–H groups in total. The molecule has 4 nitrogen and oxygen atoms in total. The molecule has 1 amide bonds. The molecule has 98 valence electrons. The summed E-state index contributed by atoms with van der Waals surface area (Å²) in [5, 5.41) is 2.90. The molecular formula is C14H21N3O. The van der Waals surface area contributed by atoms with Crippen molar-refractivity contribution in [1.82, 2.24) is 10.3 Å². The highest BCUT2D eigenvalue weighted by molar-refractivity contribution is 5.92. The maximum atomic E-state index is 11.9. The summed E-state index contributed by atoms with van der Waals surface area (Å²) in [6.07, 6.45) is 2.43. The first-order chi connectivity index (χ1) is 8.66. The lowest BCUT2D eigenvalue weighted by Gasteiger charge is -2.16. The van der Waals surface area contributed by atoms with Gasteiger partial charge in [-0.2, -0.15) is 0 Å². The lowest BCUT2D eigenvalue weighted by atomic mass is 10.2. The summed E-state index contributed by atoms with van der Waals surface area (Å²) in [4.78, 5) is 18.6. The van der Waals surface area contributed by atoms with Crippen molar-refractivity contribution >= 4 is 11.7 Å². The van der Waals surface area contributed by atoms with Crippen LogP contribution < -0.4 is 10.2 Å². The van der Waals surface area contributed by atoms with Crippen molar-refractivity contribution in [2.75, 3.05) is 24.5 Å². The fourth-order valence-electron chi connectivity index (χ4n) is 2.06. The lowest BCUT2D eigenvalue weighted by molar-refractivity contribution is 0.0944. The molecule has 0 atom stereocenters. The van der Waals surface area contributed by atoms with Crippen molar-refractivity contribution in [2.45, 2.75) is 26.7 Å². The minimum atomic E-state index is -0.0789. The van der Waals surface area contributed by atoms with Gasteiger partial charge in [-0.15, -0.1) is 0 Å². The standard InChI is InChI=1S/C14H21N3O/c1-11(2)10-15-14(18)12-6-5-7-13(16-12)17-8-3-4-9-17/h5-7,11H,3-4,8-10H2,1-2H3,(H,15,18). The third kappa shape index (κ3) is 3.22. The molecule has 18 heavy (non-hydrogen) atoms. The molecule has 0 bridgehead atoms. The van der Waals surface area contributed by atoms with Crippen molar-refractivity contribution in [2.24, 2.45) is 5.92 Å². The quantitative estimate of drug-likeness (QED) is 0.886. The van der Waals surface area contributed by atoms with Crippen molar-refractivity contribution in [1.29, 1.82) is 0 Å². The Kier molecular flexibility index (Phi) is 4.18. The van der Waals surface area contributed by atoms with Crippen LogP contribution in [-0.4, -0.2) is 30.5 Å². The number of pyridine rings is 1. The summed E-state index contributed by atoms with van der Waals surface area (Å²) in [6, 6.07) is 5.66. The number of nitrogens with one attached hydrogen (secondary N) is 1. The third-order valence-corrected chi connectivity index (χ3v) is 3.07. The van der Waals surface area contributed by atoms with Gasteiger partial charge >= 0.3 is 0 Å². The fourth-order valence-corrected chi connectivity index (χ4v) is 2.06. The number of carbonyl (C=O) groups is 1. The highest BCUT2D eigenvalue weighted by Gasteiger charge is 2.15. The number of hydrogen-bond donors (Lipinski definition) is 1. The molecule has 0 radical (unpaired) electrons. The number of carbonyl (C=O) groups excluding carboxylic acids is 1. The number of rotatable bonds is 4. The van der Waals surface area contributed by atoms with Gasteiger partial charge in [-0.05, 0) is 30.9 Å². The molecule has 2 heterocycles. The Labute approximate surface area is 108 Å². The first-order valence-electron chi connectivity index (χ1n) is 6.67. The maximum Gasteiger partial charge on any atom is 0.269 e. The first kappa shape index (κ1) is 12.9. The van der Waals surface area contributed by atoms with Crippen LogP contribution in [0.3, 0.4) is 0 Å². The van der Waals surface area contributed by atoms with Crippen LogP contribution in [0, 0.1) is 5.92 Å². The molecule has 0 aliphatic carbocycles. The van der Waals surface area contributed by atoms with Crippen LogP contribution in [0.25, 0.3) is 0 Å². The van der Waals surface area contributed by atoms with Gasteiger partial charge in [0.15, 0.2) is 0 Å². The van der Waals surface area contributed by atoms with E-state index in [-0.39, 0.29) is 5.91 Å². The number of anilines is 1. The molecule has 1 fully saturated rings. The molecule has 0 spiro atoms. The molecule has 1 aromatic rings. The summed E-state index contributed by atoms with van der Waals surface area (Å²) in [5.41, 5.74) is 0.514.